The number of benzene rings is 2. The normalized spacial score (nSPS) is 10.1. The molecule has 0 atom stereocenters. The highest BCUT2D eigenvalue weighted by molar-refractivity contribution is 6.30. The summed E-state index contributed by atoms with van der Waals surface area (Å²) in [4.78, 5) is 30.5. The van der Waals surface area contributed by atoms with Crippen molar-refractivity contribution in [3.05, 3.63) is 76.1 Å². The smallest absolute Gasteiger partial charge is 0.355 e. The van der Waals surface area contributed by atoms with Crippen molar-refractivity contribution in [2.45, 2.75) is 0 Å². The first-order valence-electron chi connectivity index (χ1n) is 8.27. The van der Waals surface area contributed by atoms with E-state index in [4.69, 9.17) is 16.3 Å². The molecule has 0 radical (unpaired) electrons. The number of hydrogen-bond acceptors (Lipinski definition) is 8. The SMILES string of the molecule is O=C(COc1ccccc1)NNc1ncnc(Nc2ccc(Cl)cc2)c1[N+](=O)[O-]. The first-order valence-corrected chi connectivity index (χ1v) is 8.65. The molecule has 0 aliphatic rings. The number of nitrogens with zero attached hydrogens (tertiary/aromatic N) is 3. The number of ether oxygens (including phenoxy) is 1. The van der Waals surface area contributed by atoms with Crippen LogP contribution in [0.25, 0.3) is 0 Å². The van der Waals surface area contributed by atoms with E-state index in [1.165, 1.54) is 0 Å². The fourth-order valence-electron chi connectivity index (χ4n) is 2.24. The average Bonchev–Trinajstić information content (AvgIpc) is 2.73. The van der Waals surface area contributed by atoms with Gasteiger partial charge in [-0.25, -0.2) is 9.97 Å². The lowest BCUT2D eigenvalue weighted by atomic mass is 10.3. The zero-order valence-electron chi connectivity index (χ0n) is 14.8. The summed E-state index contributed by atoms with van der Waals surface area (Å²) in [6.07, 6.45) is 1.13. The zero-order chi connectivity index (χ0) is 20.6. The van der Waals surface area contributed by atoms with Gasteiger partial charge in [0.1, 0.15) is 12.1 Å². The summed E-state index contributed by atoms with van der Waals surface area (Å²) in [5.74, 6) is -0.266. The van der Waals surface area contributed by atoms with Gasteiger partial charge >= 0.3 is 5.69 Å². The molecule has 1 amide bonds. The predicted octanol–water partition coefficient (Wildman–Crippen LogP) is 3.30. The van der Waals surface area contributed by atoms with E-state index in [1.54, 1.807) is 48.5 Å². The second kappa shape index (κ2) is 9.33. The second-order valence-corrected chi connectivity index (χ2v) is 6.02. The molecule has 0 spiro atoms. The van der Waals surface area contributed by atoms with E-state index >= 15 is 0 Å². The number of amides is 1. The highest BCUT2D eigenvalue weighted by Crippen LogP contribution is 2.30. The monoisotopic (exact) mass is 414 g/mol. The third-order valence-corrected chi connectivity index (χ3v) is 3.80. The van der Waals surface area contributed by atoms with E-state index in [9.17, 15) is 14.9 Å². The summed E-state index contributed by atoms with van der Waals surface area (Å²) in [6, 6.07) is 15.3. The Morgan fingerprint density at radius 1 is 1.07 bits per heavy atom. The Labute approximate surface area is 170 Å². The van der Waals surface area contributed by atoms with Gasteiger partial charge in [0.05, 0.1) is 4.92 Å². The van der Waals surface area contributed by atoms with Gasteiger partial charge < -0.3 is 10.1 Å². The highest BCUT2D eigenvalue weighted by Gasteiger charge is 2.23. The molecular formula is C18H15ClN6O4. The minimum atomic E-state index is -0.660. The van der Waals surface area contributed by atoms with Crippen molar-refractivity contribution in [3.8, 4) is 5.75 Å². The van der Waals surface area contributed by atoms with Gasteiger partial charge in [-0.15, -0.1) is 0 Å². The van der Waals surface area contributed by atoms with Crippen LogP contribution >= 0.6 is 11.6 Å². The molecule has 0 saturated heterocycles. The van der Waals surface area contributed by atoms with E-state index in [-0.39, 0.29) is 18.2 Å². The fourth-order valence-corrected chi connectivity index (χ4v) is 2.36. The lowest BCUT2D eigenvalue weighted by Crippen LogP contribution is -2.34. The summed E-state index contributed by atoms with van der Waals surface area (Å²) in [5.41, 5.74) is 4.85. The average molecular weight is 415 g/mol. The summed E-state index contributed by atoms with van der Waals surface area (Å²) in [7, 11) is 0. The highest BCUT2D eigenvalue weighted by atomic mass is 35.5. The van der Waals surface area contributed by atoms with Crippen LogP contribution in [0.15, 0.2) is 60.9 Å². The zero-order valence-corrected chi connectivity index (χ0v) is 15.6. The van der Waals surface area contributed by atoms with E-state index in [2.05, 4.69) is 26.1 Å². The number of hydrazine groups is 1. The molecule has 29 heavy (non-hydrogen) atoms. The second-order valence-electron chi connectivity index (χ2n) is 5.58. The molecule has 11 heteroatoms. The van der Waals surface area contributed by atoms with E-state index in [0.29, 0.717) is 16.5 Å². The number of carbonyl (C=O) groups is 1. The molecule has 0 fully saturated rings. The number of hydrogen-bond donors (Lipinski definition) is 3. The van der Waals surface area contributed by atoms with Gasteiger partial charge in [0, 0.05) is 10.7 Å². The molecular weight excluding hydrogens is 400 g/mol. The third kappa shape index (κ3) is 5.53. The molecule has 1 heterocycles. The first kappa shape index (κ1) is 19.8. The van der Waals surface area contributed by atoms with Crippen LogP contribution < -0.4 is 20.9 Å². The van der Waals surface area contributed by atoms with Crippen molar-refractivity contribution in [2.24, 2.45) is 0 Å². The molecule has 3 aromatic rings. The molecule has 3 N–H and O–H groups in total. The van der Waals surface area contributed by atoms with Crippen molar-refractivity contribution in [1.29, 1.82) is 0 Å². The topological polar surface area (TPSA) is 131 Å². The number of halogens is 1. The Kier molecular flexibility index (Phi) is 6.38. The molecule has 2 aromatic carbocycles. The minimum absolute atomic E-state index is 0.0513. The van der Waals surface area contributed by atoms with Crippen LogP contribution in [0.1, 0.15) is 0 Å². The Bertz CT molecular complexity index is 1000. The maximum atomic E-state index is 11.9. The van der Waals surface area contributed by atoms with Gasteiger partial charge in [-0.3, -0.25) is 25.8 Å². The maximum Gasteiger partial charge on any atom is 0.355 e. The molecule has 0 aliphatic heterocycles. The maximum absolute atomic E-state index is 11.9. The lowest BCUT2D eigenvalue weighted by Gasteiger charge is -2.11. The van der Waals surface area contributed by atoms with Gasteiger partial charge in [-0.1, -0.05) is 29.8 Å². The molecule has 0 unspecified atom stereocenters. The number of nitrogens with one attached hydrogen (secondary N) is 3. The van der Waals surface area contributed by atoms with Crippen molar-refractivity contribution in [1.82, 2.24) is 15.4 Å². The molecule has 0 saturated carbocycles. The number of para-hydroxylation sites is 1. The summed E-state index contributed by atoms with van der Waals surface area (Å²) in [6.45, 7) is -0.286. The standard InChI is InChI=1S/C18H15ClN6O4/c19-12-6-8-13(9-7-12)22-17-16(25(27)28)18(21-11-20-17)24-23-15(26)10-29-14-4-2-1-3-5-14/h1-9,11H,10H2,(H,23,26)(H2,20,21,22,24). The molecule has 148 valence electrons. The fraction of sp³-hybridized carbons (Fsp3) is 0.0556. The first-order chi connectivity index (χ1) is 14.0. The number of anilines is 3. The van der Waals surface area contributed by atoms with E-state index in [0.717, 1.165) is 6.33 Å². The minimum Gasteiger partial charge on any atom is -0.484 e. The summed E-state index contributed by atoms with van der Waals surface area (Å²) in [5, 5.41) is 14.9. The molecule has 3 rings (SSSR count). The lowest BCUT2D eigenvalue weighted by molar-refractivity contribution is -0.383. The molecule has 1 aromatic heterocycles. The third-order valence-electron chi connectivity index (χ3n) is 3.55. The van der Waals surface area contributed by atoms with Crippen LogP contribution in [0.4, 0.5) is 23.0 Å². The van der Waals surface area contributed by atoms with Crippen LogP contribution in [-0.2, 0) is 4.79 Å². The van der Waals surface area contributed by atoms with Crippen molar-refractivity contribution >= 4 is 40.5 Å². The number of carbonyl (C=O) groups excluding carboxylic acids is 1. The number of aromatic nitrogens is 2. The Balaban J connectivity index is 1.67. The van der Waals surface area contributed by atoms with E-state index < -0.39 is 16.5 Å². The summed E-state index contributed by atoms with van der Waals surface area (Å²) >= 11 is 5.84. The largest absolute Gasteiger partial charge is 0.484 e. The van der Waals surface area contributed by atoms with Crippen molar-refractivity contribution in [3.63, 3.8) is 0 Å². The van der Waals surface area contributed by atoms with Gasteiger partial charge in [-0.05, 0) is 36.4 Å². The van der Waals surface area contributed by atoms with Crippen LogP contribution in [0.3, 0.4) is 0 Å². The van der Waals surface area contributed by atoms with Gasteiger partial charge in [0.15, 0.2) is 6.61 Å². The Morgan fingerprint density at radius 2 is 1.76 bits per heavy atom. The van der Waals surface area contributed by atoms with Crippen LogP contribution in [0.5, 0.6) is 5.75 Å². The number of rotatable bonds is 8. The number of nitro groups is 1. The van der Waals surface area contributed by atoms with E-state index in [1.807, 2.05) is 6.07 Å². The molecule has 10 nitrogen and oxygen atoms in total. The summed E-state index contributed by atoms with van der Waals surface area (Å²) < 4.78 is 5.30. The van der Waals surface area contributed by atoms with Crippen LogP contribution in [-0.4, -0.2) is 27.4 Å². The van der Waals surface area contributed by atoms with Crippen molar-refractivity contribution < 1.29 is 14.5 Å². The van der Waals surface area contributed by atoms with Crippen LogP contribution in [0.2, 0.25) is 5.02 Å². The Morgan fingerprint density at radius 3 is 2.45 bits per heavy atom. The van der Waals surface area contributed by atoms with Crippen molar-refractivity contribution in [2.75, 3.05) is 17.3 Å². The van der Waals surface area contributed by atoms with Gasteiger partial charge in [-0.2, -0.15) is 0 Å². The molecule has 0 aliphatic carbocycles. The van der Waals surface area contributed by atoms with Gasteiger partial charge in [0.2, 0.25) is 11.6 Å². The van der Waals surface area contributed by atoms with Gasteiger partial charge in [0.25, 0.3) is 5.91 Å². The predicted molar refractivity (Wildman–Crippen MR) is 107 cm³/mol. The quantitative estimate of drug-likeness (QED) is 0.378. The Hall–Kier alpha value is -3.92. The van der Waals surface area contributed by atoms with Crippen LogP contribution in [0, 0.1) is 10.1 Å². The molecule has 0 bridgehead atoms.